The Balaban J connectivity index is 1.90. The monoisotopic (exact) mass is 305 g/mol. The van der Waals surface area contributed by atoms with Gasteiger partial charge in [0.25, 0.3) is 5.56 Å². The van der Waals surface area contributed by atoms with Gasteiger partial charge in [-0.15, -0.1) is 0 Å². The minimum Gasteiger partial charge on any atom is -0.367 e. The lowest BCUT2D eigenvalue weighted by molar-refractivity contribution is -0.0173. The molecule has 21 heavy (non-hydrogen) atoms. The molecule has 0 unspecified atom stereocenters. The van der Waals surface area contributed by atoms with Crippen molar-refractivity contribution in [3.8, 4) is 0 Å². The van der Waals surface area contributed by atoms with Crippen molar-refractivity contribution in [1.82, 2.24) is 10.2 Å². The molecule has 0 spiro atoms. The average molecular weight is 306 g/mol. The molecule has 2 heterocycles. The van der Waals surface area contributed by atoms with Crippen molar-refractivity contribution in [2.24, 2.45) is 0 Å². The summed E-state index contributed by atoms with van der Waals surface area (Å²) in [5.41, 5.74) is 1.39. The van der Waals surface area contributed by atoms with Gasteiger partial charge in [0.1, 0.15) is 11.1 Å². The number of benzene rings is 1. The lowest BCUT2D eigenvalue weighted by Gasteiger charge is -2.38. The van der Waals surface area contributed by atoms with Gasteiger partial charge in [-0.2, -0.15) is 5.10 Å². The van der Waals surface area contributed by atoms with E-state index in [1.165, 1.54) is 0 Å². The molecule has 1 aliphatic rings. The Morgan fingerprint density at radius 2 is 2.10 bits per heavy atom. The van der Waals surface area contributed by atoms with Crippen molar-refractivity contribution in [3.05, 3.63) is 57.5 Å². The van der Waals surface area contributed by atoms with Crippen LogP contribution in [0.5, 0.6) is 0 Å². The van der Waals surface area contributed by atoms with Crippen LogP contribution in [0.15, 0.2) is 41.3 Å². The summed E-state index contributed by atoms with van der Waals surface area (Å²) < 4.78 is 6.00. The Morgan fingerprint density at radius 3 is 2.86 bits per heavy atom. The first kappa shape index (κ1) is 14.1. The van der Waals surface area contributed by atoms with Crippen molar-refractivity contribution < 1.29 is 4.74 Å². The number of hydrogen-bond donors (Lipinski definition) is 1. The van der Waals surface area contributed by atoms with Gasteiger partial charge < -0.3 is 9.64 Å². The highest BCUT2D eigenvalue weighted by Crippen LogP contribution is 2.30. The lowest BCUT2D eigenvalue weighted by Crippen LogP contribution is -2.43. The molecule has 1 aliphatic heterocycles. The van der Waals surface area contributed by atoms with Crippen LogP contribution in [0.2, 0.25) is 5.02 Å². The third kappa shape index (κ3) is 2.94. The molecule has 0 amide bonds. The Bertz CT molecular complexity index is 674. The highest BCUT2D eigenvalue weighted by molar-refractivity contribution is 6.33. The summed E-state index contributed by atoms with van der Waals surface area (Å²) in [7, 11) is 0. The van der Waals surface area contributed by atoms with E-state index in [9.17, 15) is 4.79 Å². The number of anilines is 1. The van der Waals surface area contributed by atoms with Gasteiger partial charge in [0.05, 0.1) is 18.0 Å². The lowest BCUT2D eigenvalue weighted by atomic mass is 10.1. The van der Waals surface area contributed by atoms with E-state index >= 15 is 0 Å². The molecule has 2 atom stereocenters. The predicted molar refractivity (Wildman–Crippen MR) is 81.8 cm³/mol. The molecule has 1 saturated heterocycles. The third-order valence-electron chi connectivity index (χ3n) is 3.55. The van der Waals surface area contributed by atoms with E-state index in [2.05, 4.69) is 15.1 Å². The van der Waals surface area contributed by atoms with E-state index in [1.807, 2.05) is 37.3 Å². The highest BCUT2D eigenvalue weighted by atomic mass is 35.5. The molecule has 1 fully saturated rings. The molecule has 110 valence electrons. The summed E-state index contributed by atoms with van der Waals surface area (Å²) in [6, 6.07) is 10.0. The van der Waals surface area contributed by atoms with Gasteiger partial charge in [-0.25, -0.2) is 5.10 Å². The highest BCUT2D eigenvalue weighted by Gasteiger charge is 2.28. The van der Waals surface area contributed by atoms with Crippen LogP contribution >= 0.6 is 11.6 Å². The minimum absolute atomic E-state index is 0.0410. The fraction of sp³-hybridized carbons (Fsp3) is 0.333. The van der Waals surface area contributed by atoms with Crippen LogP contribution in [0.3, 0.4) is 0 Å². The topological polar surface area (TPSA) is 58.2 Å². The van der Waals surface area contributed by atoms with E-state index < -0.39 is 0 Å². The summed E-state index contributed by atoms with van der Waals surface area (Å²) in [6.45, 7) is 3.32. The maximum absolute atomic E-state index is 11.6. The van der Waals surface area contributed by atoms with Gasteiger partial charge in [0.15, 0.2) is 0 Å². The number of ether oxygens (including phenoxy) is 1. The summed E-state index contributed by atoms with van der Waals surface area (Å²) in [5, 5.41) is 6.35. The van der Waals surface area contributed by atoms with Gasteiger partial charge >= 0.3 is 0 Å². The Hall–Kier alpha value is -1.85. The molecule has 1 N–H and O–H groups in total. The molecule has 3 rings (SSSR count). The zero-order chi connectivity index (χ0) is 14.8. The zero-order valence-corrected chi connectivity index (χ0v) is 12.4. The van der Waals surface area contributed by atoms with Crippen molar-refractivity contribution in [2.45, 2.75) is 19.1 Å². The van der Waals surface area contributed by atoms with Crippen molar-refractivity contribution >= 4 is 17.3 Å². The third-order valence-corrected chi connectivity index (χ3v) is 3.91. The molecular weight excluding hydrogens is 290 g/mol. The number of nitrogens with zero attached hydrogens (tertiary/aromatic N) is 2. The smallest absolute Gasteiger partial charge is 0.285 e. The Morgan fingerprint density at radius 1 is 1.33 bits per heavy atom. The number of halogens is 1. The fourth-order valence-corrected chi connectivity index (χ4v) is 2.81. The van der Waals surface area contributed by atoms with Crippen LogP contribution in [0.4, 0.5) is 5.69 Å². The molecule has 1 aromatic heterocycles. The molecule has 0 saturated carbocycles. The van der Waals surface area contributed by atoms with Crippen molar-refractivity contribution in [2.75, 3.05) is 18.0 Å². The molecule has 1 aromatic carbocycles. The van der Waals surface area contributed by atoms with E-state index in [1.54, 1.807) is 6.20 Å². The summed E-state index contributed by atoms with van der Waals surface area (Å²) >= 11 is 6.10. The average Bonchev–Trinajstić information content (AvgIpc) is 2.50. The second kappa shape index (κ2) is 5.87. The maximum atomic E-state index is 11.6. The molecular formula is C15H16ClN3O2. The number of H-pyrrole nitrogens is 1. The first-order chi connectivity index (χ1) is 10.1. The SMILES string of the molecule is C[C@H]1CN(c2cn[nH]c(=O)c2Cl)C[C@H](c2ccccc2)O1. The van der Waals surface area contributed by atoms with Crippen LogP contribution in [-0.4, -0.2) is 29.4 Å². The van der Waals surface area contributed by atoms with Crippen molar-refractivity contribution in [1.29, 1.82) is 0 Å². The maximum Gasteiger partial charge on any atom is 0.285 e. The van der Waals surface area contributed by atoms with Gasteiger partial charge in [-0.1, -0.05) is 41.9 Å². The van der Waals surface area contributed by atoms with Gasteiger partial charge in [0.2, 0.25) is 0 Å². The number of hydrogen-bond acceptors (Lipinski definition) is 4. The normalized spacial score (nSPS) is 22.3. The second-order valence-electron chi connectivity index (χ2n) is 5.15. The zero-order valence-electron chi connectivity index (χ0n) is 11.6. The number of rotatable bonds is 2. The van der Waals surface area contributed by atoms with Gasteiger partial charge in [-0.05, 0) is 12.5 Å². The molecule has 2 aromatic rings. The number of morpholine rings is 1. The molecule has 5 nitrogen and oxygen atoms in total. The molecule has 0 aliphatic carbocycles. The first-order valence-corrected chi connectivity index (χ1v) is 7.21. The van der Waals surface area contributed by atoms with E-state index in [0.717, 1.165) is 5.56 Å². The largest absolute Gasteiger partial charge is 0.367 e. The summed E-state index contributed by atoms with van der Waals surface area (Å²) in [6.07, 6.45) is 1.58. The fourth-order valence-electron chi connectivity index (χ4n) is 2.59. The van der Waals surface area contributed by atoms with E-state index in [-0.39, 0.29) is 22.8 Å². The standard InChI is InChI=1S/C15H16ClN3O2/c1-10-8-19(12-7-17-18-15(20)14(12)16)9-13(21-10)11-5-3-2-4-6-11/h2-7,10,13H,8-9H2,1H3,(H,18,20)/t10-,13+/m0/s1. The molecule has 0 bridgehead atoms. The Kier molecular flexibility index (Phi) is 3.94. The molecule has 0 radical (unpaired) electrons. The van der Waals surface area contributed by atoms with E-state index in [0.29, 0.717) is 18.8 Å². The summed E-state index contributed by atoms with van der Waals surface area (Å²) in [4.78, 5) is 13.7. The van der Waals surface area contributed by atoms with E-state index in [4.69, 9.17) is 16.3 Å². The van der Waals surface area contributed by atoms with Crippen LogP contribution in [0.25, 0.3) is 0 Å². The quantitative estimate of drug-likeness (QED) is 0.925. The minimum atomic E-state index is -0.371. The van der Waals surface area contributed by atoms with Crippen LogP contribution < -0.4 is 10.5 Å². The first-order valence-electron chi connectivity index (χ1n) is 6.83. The van der Waals surface area contributed by atoms with Crippen molar-refractivity contribution in [3.63, 3.8) is 0 Å². The van der Waals surface area contributed by atoms with Crippen LogP contribution in [0.1, 0.15) is 18.6 Å². The number of aromatic amines is 1. The van der Waals surface area contributed by atoms with Crippen LogP contribution in [-0.2, 0) is 4.74 Å². The second-order valence-corrected chi connectivity index (χ2v) is 5.53. The number of aromatic nitrogens is 2. The molecule has 6 heteroatoms. The summed E-state index contributed by atoms with van der Waals surface area (Å²) in [5.74, 6) is 0. The predicted octanol–water partition coefficient (Wildman–Crippen LogP) is 2.39. The van der Waals surface area contributed by atoms with Gasteiger partial charge in [0, 0.05) is 13.1 Å². The van der Waals surface area contributed by atoms with Gasteiger partial charge in [-0.3, -0.25) is 4.79 Å². The Labute approximate surface area is 127 Å². The number of nitrogens with one attached hydrogen (secondary N) is 1. The van der Waals surface area contributed by atoms with Crippen LogP contribution in [0, 0.1) is 0 Å².